The summed E-state index contributed by atoms with van der Waals surface area (Å²) in [5.74, 6) is 0. The predicted molar refractivity (Wildman–Crippen MR) is 61.8 cm³/mol. The summed E-state index contributed by atoms with van der Waals surface area (Å²) in [6.07, 6.45) is 2.24. The van der Waals surface area contributed by atoms with Crippen LogP contribution < -0.4 is 10.6 Å². The van der Waals surface area contributed by atoms with E-state index >= 15 is 0 Å². The molecule has 3 heteroatoms. The average molecular weight is 206 g/mol. The Balaban J connectivity index is 2.27. The Morgan fingerprint density at radius 1 is 1.40 bits per heavy atom. The fraction of sp³-hybridized carbons (Fsp3) is 0.500. The minimum atomic E-state index is 0.235. The summed E-state index contributed by atoms with van der Waals surface area (Å²) < 4.78 is 0. The van der Waals surface area contributed by atoms with E-state index in [0.29, 0.717) is 6.54 Å². The molecule has 1 aromatic rings. The first kappa shape index (κ1) is 10.5. The third-order valence-electron chi connectivity index (χ3n) is 3.11. The lowest BCUT2D eigenvalue weighted by atomic mass is 10.1. The zero-order valence-corrected chi connectivity index (χ0v) is 8.89. The molecule has 1 aromatic carbocycles. The number of anilines is 1. The summed E-state index contributed by atoms with van der Waals surface area (Å²) in [6, 6.07) is 8.47. The summed E-state index contributed by atoms with van der Waals surface area (Å²) in [5, 5.41) is 9.29. The molecule has 0 aliphatic carbocycles. The lowest BCUT2D eigenvalue weighted by molar-refractivity contribution is 0.266. The van der Waals surface area contributed by atoms with Crippen LogP contribution in [0.4, 0.5) is 5.69 Å². The van der Waals surface area contributed by atoms with Crippen LogP contribution in [0.2, 0.25) is 0 Å². The molecule has 3 nitrogen and oxygen atoms in total. The maximum atomic E-state index is 9.29. The molecule has 0 amide bonds. The van der Waals surface area contributed by atoms with Crippen LogP contribution in [0.15, 0.2) is 24.3 Å². The van der Waals surface area contributed by atoms with Crippen molar-refractivity contribution >= 4 is 5.69 Å². The Labute approximate surface area is 90.5 Å². The first-order chi connectivity index (χ1) is 7.36. The molecule has 1 aliphatic heterocycles. The summed E-state index contributed by atoms with van der Waals surface area (Å²) in [5.41, 5.74) is 8.07. The van der Waals surface area contributed by atoms with Crippen LogP contribution in [0.5, 0.6) is 0 Å². The van der Waals surface area contributed by atoms with E-state index in [1.807, 2.05) is 12.1 Å². The Bertz CT molecular complexity index is 327. The molecule has 2 rings (SSSR count). The van der Waals surface area contributed by atoms with Crippen LogP contribution in [-0.2, 0) is 6.54 Å². The van der Waals surface area contributed by atoms with Crippen molar-refractivity contribution in [2.75, 3.05) is 18.1 Å². The van der Waals surface area contributed by atoms with Crippen LogP contribution in [0.3, 0.4) is 0 Å². The second-order valence-corrected chi connectivity index (χ2v) is 4.00. The zero-order chi connectivity index (χ0) is 10.7. The van der Waals surface area contributed by atoms with E-state index in [1.54, 1.807) is 0 Å². The number of hydrogen-bond acceptors (Lipinski definition) is 3. The van der Waals surface area contributed by atoms with Crippen molar-refractivity contribution < 1.29 is 5.11 Å². The number of para-hydroxylation sites is 1. The van der Waals surface area contributed by atoms with E-state index in [9.17, 15) is 5.11 Å². The van der Waals surface area contributed by atoms with Crippen LogP contribution >= 0.6 is 0 Å². The molecule has 1 atom stereocenters. The Morgan fingerprint density at radius 2 is 2.20 bits per heavy atom. The monoisotopic (exact) mass is 206 g/mol. The van der Waals surface area contributed by atoms with Crippen LogP contribution in [0, 0.1) is 0 Å². The molecule has 0 aromatic heterocycles. The number of nitrogens with zero attached hydrogens (tertiary/aromatic N) is 1. The van der Waals surface area contributed by atoms with Gasteiger partial charge in [0.05, 0.1) is 12.6 Å². The fourth-order valence-electron chi connectivity index (χ4n) is 2.31. The maximum absolute atomic E-state index is 9.29. The highest BCUT2D eigenvalue weighted by molar-refractivity contribution is 5.55. The highest BCUT2D eigenvalue weighted by Gasteiger charge is 2.24. The Morgan fingerprint density at radius 3 is 2.93 bits per heavy atom. The van der Waals surface area contributed by atoms with Crippen molar-refractivity contribution in [3.05, 3.63) is 29.8 Å². The summed E-state index contributed by atoms with van der Waals surface area (Å²) in [7, 11) is 0. The fourth-order valence-corrected chi connectivity index (χ4v) is 2.31. The van der Waals surface area contributed by atoms with E-state index in [0.717, 1.165) is 24.9 Å². The average Bonchev–Trinajstić information content (AvgIpc) is 2.76. The molecule has 1 aliphatic rings. The van der Waals surface area contributed by atoms with Crippen molar-refractivity contribution in [2.45, 2.75) is 25.4 Å². The van der Waals surface area contributed by atoms with Gasteiger partial charge in [-0.25, -0.2) is 0 Å². The number of hydrogen-bond donors (Lipinski definition) is 2. The molecule has 82 valence electrons. The molecule has 0 bridgehead atoms. The second-order valence-electron chi connectivity index (χ2n) is 4.00. The first-order valence-corrected chi connectivity index (χ1v) is 5.52. The highest BCUT2D eigenvalue weighted by atomic mass is 16.3. The van der Waals surface area contributed by atoms with E-state index < -0.39 is 0 Å². The molecule has 0 radical (unpaired) electrons. The van der Waals surface area contributed by atoms with Gasteiger partial charge in [0.2, 0.25) is 0 Å². The molecule has 1 saturated heterocycles. The van der Waals surface area contributed by atoms with Crippen molar-refractivity contribution in [3.63, 3.8) is 0 Å². The van der Waals surface area contributed by atoms with E-state index in [-0.39, 0.29) is 12.6 Å². The van der Waals surface area contributed by atoms with Gasteiger partial charge in [-0.15, -0.1) is 0 Å². The predicted octanol–water partition coefficient (Wildman–Crippen LogP) is 1.11. The van der Waals surface area contributed by atoms with Gasteiger partial charge in [-0.1, -0.05) is 18.2 Å². The SMILES string of the molecule is NCc1ccccc1N1CCCC1CO. The molecule has 1 heterocycles. The van der Waals surface area contributed by atoms with Crippen molar-refractivity contribution in [1.82, 2.24) is 0 Å². The minimum absolute atomic E-state index is 0.235. The van der Waals surface area contributed by atoms with Gasteiger partial charge >= 0.3 is 0 Å². The standard InChI is InChI=1S/C12H18N2O/c13-8-10-4-1-2-6-12(10)14-7-3-5-11(14)9-15/h1-2,4,6,11,15H,3,5,7-9,13H2. The number of benzene rings is 1. The van der Waals surface area contributed by atoms with Gasteiger partial charge in [-0.05, 0) is 24.5 Å². The van der Waals surface area contributed by atoms with Crippen molar-refractivity contribution in [3.8, 4) is 0 Å². The maximum Gasteiger partial charge on any atom is 0.0635 e. The number of rotatable bonds is 3. The number of aliphatic hydroxyl groups excluding tert-OH is 1. The summed E-state index contributed by atoms with van der Waals surface area (Å²) in [6.45, 7) is 1.83. The van der Waals surface area contributed by atoms with E-state index in [2.05, 4.69) is 17.0 Å². The second kappa shape index (κ2) is 4.64. The van der Waals surface area contributed by atoms with Gasteiger partial charge < -0.3 is 15.7 Å². The third-order valence-corrected chi connectivity index (χ3v) is 3.11. The van der Waals surface area contributed by atoms with Gasteiger partial charge in [-0.3, -0.25) is 0 Å². The van der Waals surface area contributed by atoms with Gasteiger partial charge in [0.1, 0.15) is 0 Å². The van der Waals surface area contributed by atoms with E-state index in [4.69, 9.17) is 5.73 Å². The van der Waals surface area contributed by atoms with Crippen LogP contribution in [0.1, 0.15) is 18.4 Å². The van der Waals surface area contributed by atoms with Gasteiger partial charge in [0, 0.05) is 18.8 Å². The highest BCUT2D eigenvalue weighted by Crippen LogP contribution is 2.28. The van der Waals surface area contributed by atoms with Crippen LogP contribution in [-0.4, -0.2) is 24.3 Å². The minimum Gasteiger partial charge on any atom is -0.394 e. The molecular formula is C12H18N2O. The molecular weight excluding hydrogens is 188 g/mol. The van der Waals surface area contributed by atoms with Gasteiger partial charge in [0.15, 0.2) is 0 Å². The van der Waals surface area contributed by atoms with Crippen molar-refractivity contribution in [2.24, 2.45) is 5.73 Å². The number of nitrogens with two attached hydrogens (primary N) is 1. The zero-order valence-electron chi connectivity index (χ0n) is 8.89. The molecule has 0 spiro atoms. The smallest absolute Gasteiger partial charge is 0.0635 e. The topological polar surface area (TPSA) is 49.5 Å². The summed E-state index contributed by atoms with van der Waals surface area (Å²) in [4.78, 5) is 2.28. The normalized spacial score (nSPS) is 20.9. The quantitative estimate of drug-likeness (QED) is 0.778. The first-order valence-electron chi connectivity index (χ1n) is 5.52. The van der Waals surface area contributed by atoms with E-state index in [1.165, 1.54) is 5.69 Å². The Kier molecular flexibility index (Phi) is 3.23. The van der Waals surface area contributed by atoms with Gasteiger partial charge in [-0.2, -0.15) is 0 Å². The Hall–Kier alpha value is -1.06. The van der Waals surface area contributed by atoms with Crippen LogP contribution in [0.25, 0.3) is 0 Å². The largest absolute Gasteiger partial charge is 0.394 e. The molecule has 15 heavy (non-hydrogen) atoms. The number of aliphatic hydroxyl groups is 1. The lowest BCUT2D eigenvalue weighted by Gasteiger charge is -2.27. The molecule has 3 N–H and O–H groups in total. The van der Waals surface area contributed by atoms with Gasteiger partial charge in [0.25, 0.3) is 0 Å². The molecule has 1 unspecified atom stereocenters. The summed E-state index contributed by atoms with van der Waals surface area (Å²) >= 11 is 0. The third kappa shape index (κ3) is 1.98. The molecule has 1 fully saturated rings. The lowest BCUT2D eigenvalue weighted by Crippen LogP contribution is -2.32. The van der Waals surface area contributed by atoms with Crippen molar-refractivity contribution in [1.29, 1.82) is 0 Å². The molecule has 0 saturated carbocycles.